The number of rotatable bonds is 8. The smallest absolute Gasteiger partial charge is 0.243 e. The summed E-state index contributed by atoms with van der Waals surface area (Å²) in [7, 11) is 0. The minimum absolute atomic E-state index is 0.0196. The second-order valence-electron chi connectivity index (χ2n) is 8.59. The van der Waals surface area contributed by atoms with Crippen LogP contribution in [0.5, 0.6) is 0 Å². The molecule has 0 bridgehead atoms. The van der Waals surface area contributed by atoms with Crippen molar-refractivity contribution < 1.29 is 15.1 Å². The Morgan fingerprint density at radius 1 is 1.43 bits per heavy atom. The van der Waals surface area contributed by atoms with Gasteiger partial charge in [0.1, 0.15) is 12.1 Å². The zero-order chi connectivity index (χ0) is 19.7. The van der Waals surface area contributed by atoms with Gasteiger partial charge in [-0.1, -0.05) is 31.9 Å². The number of hydroxylamine groups is 1. The maximum absolute atomic E-state index is 11.8. The van der Waals surface area contributed by atoms with Crippen molar-refractivity contribution in [2.45, 2.75) is 64.1 Å². The average Bonchev–Trinajstić information content (AvgIpc) is 3.15. The van der Waals surface area contributed by atoms with Crippen LogP contribution >= 0.6 is 0 Å². The van der Waals surface area contributed by atoms with Crippen molar-refractivity contribution in [1.82, 2.24) is 20.3 Å². The average molecular weight is 386 g/mol. The molecule has 7 nitrogen and oxygen atoms in total. The number of carbonyl (C=O) groups is 1. The number of likely N-dealkylation sites (tertiary alicyclic amines) is 1. The van der Waals surface area contributed by atoms with Gasteiger partial charge in [0, 0.05) is 18.9 Å². The Kier molecular flexibility index (Phi) is 5.40. The lowest BCUT2D eigenvalue weighted by atomic mass is 9.95. The number of fused-ring (bicyclic) bond motifs is 1. The number of aliphatic hydroxyl groups excluding tert-OH is 1. The van der Waals surface area contributed by atoms with Gasteiger partial charge in [-0.3, -0.25) is 14.9 Å². The number of amides is 1. The van der Waals surface area contributed by atoms with Crippen molar-refractivity contribution in [3.05, 3.63) is 30.1 Å². The Balaban J connectivity index is 1.59. The molecule has 1 saturated heterocycles. The molecule has 4 rings (SSSR count). The first-order valence-electron chi connectivity index (χ1n) is 10.4. The topological polar surface area (TPSA) is 101 Å². The van der Waals surface area contributed by atoms with Gasteiger partial charge in [0.2, 0.25) is 5.91 Å². The Hall–Kier alpha value is -1.96. The van der Waals surface area contributed by atoms with E-state index in [1.165, 1.54) is 12.8 Å². The molecular formula is C21H30N4O3. The lowest BCUT2D eigenvalue weighted by Gasteiger charge is -2.33. The summed E-state index contributed by atoms with van der Waals surface area (Å²) in [5.41, 5.74) is 3.94. The SMILES string of the molecule is CCCC[C@H](CC(=O)NO)C(O)N1CC2(CC2)C[C@H]1c1nc2ccccc2[nH]1. The van der Waals surface area contributed by atoms with E-state index >= 15 is 0 Å². The number of hydrogen-bond donors (Lipinski definition) is 4. The van der Waals surface area contributed by atoms with Gasteiger partial charge < -0.3 is 10.1 Å². The summed E-state index contributed by atoms with van der Waals surface area (Å²) in [6, 6.07) is 8.00. The van der Waals surface area contributed by atoms with E-state index in [9.17, 15) is 9.90 Å². The van der Waals surface area contributed by atoms with E-state index in [0.29, 0.717) is 0 Å². The number of nitrogens with one attached hydrogen (secondary N) is 2. The maximum atomic E-state index is 11.8. The highest BCUT2D eigenvalue weighted by molar-refractivity contribution is 5.75. The van der Waals surface area contributed by atoms with Crippen LogP contribution < -0.4 is 5.48 Å². The third-order valence-corrected chi connectivity index (χ3v) is 6.49. The fourth-order valence-corrected chi connectivity index (χ4v) is 4.67. The van der Waals surface area contributed by atoms with Crippen LogP contribution in [0.1, 0.15) is 63.7 Å². The van der Waals surface area contributed by atoms with Crippen LogP contribution in [0.4, 0.5) is 0 Å². The lowest BCUT2D eigenvalue weighted by molar-refractivity contribution is -0.133. The van der Waals surface area contributed by atoms with Crippen molar-refractivity contribution in [3.8, 4) is 0 Å². The zero-order valence-electron chi connectivity index (χ0n) is 16.4. The molecule has 1 unspecified atom stereocenters. The number of aromatic amines is 1. The first-order valence-corrected chi connectivity index (χ1v) is 10.4. The number of benzene rings is 1. The summed E-state index contributed by atoms with van der Waals surface area (Å²) in [5, 5.41) is 20.2. The summed E-state index contributed by atoms with van der Waals surface area (Å²) in [4.78, 5) is 22.2. The minimum Gasteiger partial charge on any atom is -0.378 e. The van der Waals surface area contributed by atoms with Crippen LogP contribution in [0.2, 0.25) is 0 Å². The maximum Gasteiger partial charge on any atom is 0.243 e. The molecule has 2 heterocycles. The molecule has 1 aliphatic heterocycles. The zero-order valence-corrected chi connectivity index (χ0v) is 16.4. The molecule has 0 radical (unpaired) electrons. The Bertz CT molecular complexity index is 799. The number of nitrogens with zero attached hydrogens (tertiary/aromatic N) is 2. The van der Waals surface area contributed by atoms with E-state index in [4.69, 9.17) is 10.2 Å². The Labute approximate surface area is 165 Å². The molecule has 1 saturated carbocycles. The Morgan fingerprint density at radius 3 is 2.89 bits per heavy atom. The molecule has 1 aromatic heterocycles. The van der Waals surface area contributed by atoms with Gasteiger partial charge in [-0.05, 0) is 43.2 Å². The number of aromatic nitrogens is 2. The van der Waals surface area contributed by atoms with Crippen molar-refractivity contribution in [2.24, 2.45) is 11.3 Å². The van der Waals surface area contributed by atoms with Crippen LogP contribution in [0, 0.1) is 11.3 Å². The molecule has 2 aliphatic rings. The first-order chi connectivity index (χ1) is 13.5. The predicted molar refractivity (Wildman–Crippen MR) is 105 cm³/mol. The minimum atomic E-state index is -0.734. The van der Waals surface area contributed by atoms with Gasteiger partial charge in [-0.25, -0.2) is 10.5 Å². The largest absolute Gasteiger partial charge is 0.378 e. The monoisotopic (exact) mass is 386 g/mol. The molecule has 3 atom stereocenters. The second kappa shape index (κ2) is 7.81. The molecule has 1 spiro atoms. The molecule has 4 N–H and O–H groups in total. The molecule has 2 aromatic rings. The second-order valence-corrected chi connectivity index (χ2v) is 8.59. The number of imidazole rings is 1. The van der Waals surface area contributed by atoms with Crippen LogP contribution in [0.3, 0.4) is 0 Å². The number of aliphatic hydroxyl groups is 1. The molecule has 152 valence electrons. The van der Waals surface area contributed by atoms with Crippen molar-refractivity contribution in [2.75, 3.05) is 6.54 Å². The highest BCUT2D eigenvalue weighted by atomic mass is 16.5. The van der Waals surface area contributed by atoms with Gasteiger partial charge >= 0.3 is 0 Å². The van der Waals surface area contributed by atoms with Crippen molar-refractivity contribution >= 4 is 16.9 Å². The summed E-state index contributed by atoms with van der Waals surface area (Å²) >= 11 is 0. The standard InChI is InChI=1S/C21H30N4O3/c1-2-3-6-14(11-18(26)24-28)20(27)25-13-21(9-10-21)12-17(25)19-22-15-7-4-5-8-16(15)23-19/h4-5,7-8,14,17,20,27-28H,2-3,6,9-13H2,1H3,(H,22,23)(H,24,26)/t14-,17+,20?/m1/s1. The molecule has 1 aromatic carbocycles. The highest BCUT2D eigenvalue weighted by Crippen LogP contribution is 2.59. The van der Waals surface area contributed by atoms with Gasteiger partial charge in [-0.15, -0.1) is 0 Å². The fourth-order valence-electron chi connectivity index (χ4n) is 4.67. The van der Waals surface area contributed by atoms with Crippen molar-refractivity contribution in [1.29, 1.82) is 0 Å². The highest BCUT2D eigenvalue weighted by Gasteiger charge is 2.55. The lowest BCUT2D eigenvalue weighted by Crippen LogP contribution is -2.42. The molecule has 7 heteroatoms. The number of H-pyrrole nitrogens is 1. The third kappa shape index (κ3) is 3.79. The molecule has 2 fully saturated rings. The van der Waals surface area contributed by atoms with E-state index in [-0.39, 0.29) is 23.8 Å². The molecule has 1 aliphatic carbocycles. The summed E-state index contributed by atoms with van der Waals surface area (Å²) < 4.78 is 0. The van der Waals surface area contributed by atoms with Crippen LogP contribution in [-0.2, 0) is 4.79 Å². The number of hydrogen-bond acceptors (Lipinski definition) is 5. The van der Waals surface area contributed by atoms with E-state index in [1.54, 1.807) is 5.48 Å². The van der Waals surface area contributed by atoms with Gasteiger partial charge in [-0.2, -0.15) is 0 Å². The number of carbonyl (C=O) groups excluding carboxylic acids is 1. The van der Waals surface area contributed by atoms with E-state index in [1.807, 2.05) is 24.3 Å². The van der Waals surface area contributed by atoms with Crippen LogP contribution in [0.15, 0.2) is 24.3 Å². The summed E-state index contributed by atoms with van der Waals surface area (Å²) in [5.74, 6) is 0.235. The quantitative estimate of drug-likeness (QED) is 0.412. The third-order valence-electron chi connectivity index (χ3n) is 6.49. The molecule has 1 amide bonds. The van der Waals surface area contributed by atoms with Gasteiger partial charge in [0.25, 0.3) is 0 Å². The summed E-state index contributed by atoms with van der Waals surface area (Å²) in [6.45, 7) is 2.93. The van der Waals surface area contributed by atoms with Crippen LogP contribution in [0.25, 0.3) is 11.0 Å². The van der Waals surface area contributed by atoms with E-state index in [2.05, 4.69) is 16.8 Å². The van der Waals surface area contributed by atoms with Crippen LogP contribution in [-0.4, -0.2) is 43.9 Å². The van der Waals surface area contributed by atoms with Gasteiger partial charge in [0.15, 0.2) is 0 Å². The fraction of sp³-hybridized carbons (Fsp3) is 0.619. The van der Waals surface area contributed by atoms with E-state index in [0.717, 1.165) is 49.1 Å². The number of unbranched alkanes of at least 4 members (excludes halogenated alkanes) is 1. The molecule has 28 heavy (non-hydrogen) atoms. The molecular weight excluding hydrogens is 356 g/mol. The van der Waals surface area contributed by atoms with E-state index < -0.39 is 12.1 Å². The Morgan fingerprint density at radius 2 is 2.21 bits per heavy atom. The summed E-state index contributed by atoms with van der Waals surface area (Å²) in [6.07, 6.45) is 5.43. The first kappa shape index (κ1) is 19.4. The predicted octanol–water partition coefficient (Wildman–Crippen LogP) is 3.11. The van der Waals surface area contributed by atoms with Gasteiger partial charge in [0.05, 0.1) is 17.1 Å². The number of para-hydroxylation sites is 2. The normalized spacial score (nSPS) is 23.2. The van der Waals surface area contributed by atoms with Crippen molar-refractivity contribution in [3.63, 3.8) is 0 Å².